The Morgan fingerprint density at radius 3 is 2.86 bits per heavy atom. The molecule has 0 amide bonds. The molecule has 1 N–H and O–H groups in total. The highest BCUT2D eigenvalue weighted by molar-refractivity contribution is 5.28. The standard InChI is InChI=1S/C11H13F2N/c1-14-6-7-4-10(7)9-3-2-8(12)5-11(9)13/h2-3,5,7,10,14H,4,6H2,1H3/t7-,10+/m0/s1. The number of nitrogens with one attached hydrogen (secondary N) is 1. The van der Waals surface area contributed by atoms with Crippen LogP contribution < -0.4 is 5.32 Å². The minimum atomic E-state index is -0.503. The Bertz CT molecular complexity index is 338. The van der Waals surface area contributed by atoms with Gasteiger partial charge in [0, 0.05) is 6.07 Å². The van der Waals surface area contributed by atoms with Gasteiger partial charge < -0.3 is 5.32 Å². The summed E-state index contributed by atoms with van der Waals surface area (Å²) >= 11 is 0. The maximum absolute atomic E-state index is 13.3. The average Bonchev–Trinajstić information content (AvgIpc) is 2.84. The van der Waals surface area contributed by atoms with Crippen LogP contribution in [-0.2, 0) is 0 Å². The summed E-state index contributed by atoms with van der Waals surface area (Å²) in [5.41, 5.74) is 0.659. The van der Waals surface area contributed by atoms with Crippen LogP contribution in [0.1, 0.15) is 17.9 Å². The summed E-state index contributed by atoms with van der Waals surface area (Å²) in [6.07, 6.45) is 1.00. The molecule has 0 spiro atoms. The second kappa shape index (κ2) is 3.65. The Hall–Kier alpha value is -0.960. The molecule has 0 bridgehead atoms. The fraction of sp³-hybridized carbons (Fsp3) is 0.455. The van der Waals surface area contributed by atoms with Crippen molar-refractivity contribution >= 4 is 0 Å². The van der Waals surface area contributed by atoms with Gasteiger partial charge in [-0.1, -0.05) is 6.07 Å². The molecule has 1 aliphatic rings. The van der Waals surface area contributed by atoms with E-state index in [1.54, 1.807) is 6.07 Å². The first kappa shape index (κ1) is 9.59. The number of hydrogen-bond acceptors (Lipinski definition) is 1. The maximum atomic E-state index is 13.3. The lowest BCUT2D eigenvalue weighted by molar-refractivity contribution is 0.568. The van der Waals surface area contributed by atoms with E-state index in [1.165, 1.54) is 6.07 Å². The molecule has 0 aliphatic heterocycles. The molecule has 1 nitrogen and oxygen atoms in total. The van der Waals surface area contributed by atoms with Gasteiger partial charge in [0.2, 0.25) is 0 Å². The number of benzene rings is 1. The predicted octanol–water partition coefficient (Wildman–Crippen LogP) is 2.29. The first-order chi connectivity index (χ1) is 6.72. The Labute approximate surface area is 82.1 Å². The van der Waals surface area contributed by atoms with Gasteiger partial charge in [-0.05, 0) is 43.5 Å². The van der Waals surface area contributed by atoms with Crippen molar-refractivity contribution in [2.75, 3.05) is 13.6 Å². The van der Waals surface area contributed by atoms with Crippen molar-refractivity contribution in [2.24, 2.45) is 5.92 Å². The lowest BCUT2D eigenvalue weighted by Gasteiger charge is -2.02. The van der Waals surface area contributed by atoms with Gasteiger partial charge in [-0.2, -0.15) is 0 Å². The highest BCUT2D eigenvalue weighted by atomic mass is 19.1. The van der Waals surface area contributed by atoms with Crippen molar-refractivity contribution < 1.29 is 8.78 Å². The van der Waals surface area contributed by atoms with Crippen LogP contribution >= 0.6 is 0 Å². The molecule has 0 radical (unpaired) electrons. The van der Waals surface area contributed by atoms with E-state index < -0.39 is 11.6 Å². The molecule has 2 atom stereocenters. The van der Waals surface area contributed by atoms with Gasteiger partial charge in [0.15, 0.2) is 0 Å². The third-order valence-electron chi connectivity index (χ3n) is 2.75. The minimum absolute atomic E-state index is 0.281. The van der Waals surface area contributed by atoms with Crippen molar-refractivity contribution in [2.45, 2.75) is 12.3 Å². The molecule has 1 fully saturated rings. The SMILES string of the molecule is CNC[C@@H]1C[C@H]1c1ccc(F)cc1F. The Balaban J connectivity index is 2.11. The zero-order valence-corrected chi connectivity index (χ0v) is 8.06. The molecule has 0 saturated heterocycles. The van der Waals surface area contributed by atoms with Crippen LogP contribution in [0.25, 0.3) is 0 Å². The fourth-order valence-corrected chi connectivity index (χ4v) is 1.92. The van der Waals surface area contributed by atoms with Gasteiger partial charge in [0.25, 0.3) is 0 Å². The fourth-order valence-electron chi connectivity index (χ4n) is 1.92. The molecule has 0 aromatic heterocycles. The van der Waals surface area contributed by atoms with Crippen LogP contribution in [0.2, 0.25) is 0 Å². The molecule has 3 heteroatoms. The van der Waals surface area contributed by atoms with Gasteiger partial charge in [-0.15, -0.1) is 0 Å². The van der Waals surface area contributed by atoms with Crippen LogP contribution in [0.15, 0.2) is 18.2 Å². The molecule has 14 heavy (non-hydrogen) atoms. The Kier molecular flexibility index (Phi) is 2.50. The summed E-state index contributed by atoms with van der Waals surface area (Å²) in [6, 6.07) is 3.85. The van der Waals surface area contributed by atoms with E-state index >= 15 is 0 Å². The van der Waals surface area contributed by atoms with Crippen molar-refractivity contribution in [3.8, 4) is 0 Å². The van der Waals surface area contributed by atoms with E-state index in [0.29, 0.717) is 11.5 Å². The van der Waals surface area contributed by atoms with Crippen LogP contribution in [-0.4, -0.2) is 13.6 Å². The van der Waals surface area contributed by atoms with Crippen LogP contribution in [0.5, 0.6) is 0 Å². The molecular weight excluding hydrogens is 184 g/mol. The van der Waals surface area contributed by atoms with Gasteiger partial charge in [-0.3, -0.25) is 0 Å². The van der Waals surface area contributed by atoms with E-state index in [4.69, 9.17) is 0 Å². The Morgan fingerprint density at radius 2 is 2.21 bits per heavy atom. The largest absolute Gasteiger partial charge is 0.319 e. The predicted molar refractivity (Wildman–Crippen MR) is 51.1 cm³/mol. The van der Waals surface area contributed by atoms with Crippen molar-refractivity contribution in [1.82, 2.24) is 5.32 Å². The van der Waals surface area contributed by atoms with Crippen LogP contribution in [0.3, 0.4) is 0 Å². The van der Waals surface area contributed by atoms with Crippen molar-refractivity contribution in [3.63, 3.8) is 0 Å². The van der Waals surface area contributed by atoms with E-state index in [2.05, 4.69) is 5.32 Å². The molecule has 1 aromatic carbocycles. The third-order valence-corrected chi connectivity index (χ3v) is 2.75. The zero-order chi connectivity index (χ0) is 10.1. The average molecular weight is 197 g/mol. The second-order valence-corrected chi connectivity index (χ2v) is 3.83. The highest BCUT2D eigenvalue weighted by Gasteiger charge is 2.39. The van der Waals surface area contributed by atoms with E-state index in [1.807, 2.05) is 7.05 Å². The number of rotatable bonds is 3. The molecule has 2 rings (SSSR count). The van der Waals surface area contributed by atoms with Crippen LogP contribution in [0.4, 0.5) is 8.78 Å². The van der Waals surface area contributed by atoms with E-state index in [-0.39, 0.29) is 5.92 Å². The smallest absolute Gasteiger partial charge is 0.129 e. The maximum Gasteiger partial charge on any atom is 0.129 e. The zero-order valence-electron chi connectivity index (χ0n) is 8.06. The molecule has 1 aromatic rings. The van der Waals surface area contributed by atoms with Crippen LogP contribution in [0, 0.1) is 17.6 Å². The van der Waals surface area contributed by atoms with E-state index in [0.717, 1.165) is 19.0 Å². The molecular formula is C11H13F2N. The minimum Gasteiger partial charge on any atom is -0.319 e. The second-order valence-electron chi connectivity index (χ2n) is 3.83. The molecule has 0 heterocycles. The summed E-state index contributed by atoms with van der Waals surface area (Å²) in [5, 5.41) is 3.06. The molecule has 1 aliphatic carbocycles. The monoisotopic (exact) mass is 197 g/mol. The van der Waals surface area contributed by atoms with Gasteiger partial charge in [0.05, 0.1) is 0 Å². The summed E-state index contributed by atoms with van der Waals surface area (Å²) < 4.78 is 25.9. The number of halogens is 2. The topological polar surface area (TPSA) is 12.0 Å². The Morgan fingerprint density at radius 1 is 1.43 bits per heavy atom. The normalized spacial score (nSPS) is 25.1. The summed E-state index contributed by atoms with van der Waals surface area (Å²) in [4.78, 5) is 0. The summed E-state index contributed by atoms with van der Waals surface area (Å²) in [5.74, 6) is -0.117. The lowest BCUT2D eigenvalue weighted by atomic mass is 10.1. The molecule has 1 saturated carbocycles. The van der Waals surface area contributed by atoms with E-state index in [9.17, 15) is 8.78 Å². The first-order valence-corrected chi connectivity index (χ1v) is 4.82. The van der Waals surface area contributed by atoms with Gasteiger partial charge >= 0.3 is 0 Å². The number of hydrogen-bond donors (Lipinski definition) is 1. The molecule has 76 valence electrons. The third kappa shape index (κ3) is 1.77. The molecule has 0 unspecified atom stereocenters. The highest BCUT2D eigenvalue weighted by Crippen LogP contribution is 2.47. The van der Waals surface area contributed by atoms with Crippen molar-refractivity contribution in [1.29, 1.82) is 0 Å². The lowest BCUT2D eigenvalue weighted by Crippen LogP contribution is -2.10. The quantitative estimate of drug-likeness (QED) is 0.784. The summed E-state index contributed by atoms with van der Waals surface area (Å²) in [6.45, 7) is 0.904. The first-order valence-electron chi connectivity index (χ1n) is 4.82. The van der Waals surface area contributed by atoms with Gasteiger partial charge in [-0.25, -0.2) is 8.78 Å². The van der Waals surface area contributed by atoms with Crippen molar-refractivity contribution in [3.05, 3.63) is 35.4 Å². The van der Waals surface area contributed by atoms with Gasteiger partial charge in [0.1, 0.15) is 11.6 Å². The summed E-state index contributed by atoms with van der Waals surface area (Å²) in [7, 11) is 1.89.